The lowest BCUT2D eigenvalue weighted by atomic mass is 9.99. The summed E-state index contributed by atoms with van der Waals surface area (Å²) in [6, 6.07) is 0. The Morgan fingerprint density at radius 2 is 1.65 bits per heavy atom. The predicted octanol–water partition coefficient (Wildman–Crippen LogP) is 1.79. The van der Waals surface area contributed by atoms with Gasteiger partial charge in [0, 0.05) is 25.2 Å². The summed E-state index contributed by atoms with van der Waals surface area (Å²) >= 11 is 0. The van der Waals surface area contributed by atoms with Crippen LogP contribution in [0.25, 0.3) is 0 Å². The molecular formula is C17H29NO5. The van der Waals surface area contributed by atoms with Crippen molar-refractivity contribution in [3.8, 4) is 0 Å². The Kier molecular flexibility index (Phi) is 8.87. The van der Waals surface area contributed by atoms with Crippen molar-refractivity contribution in [1.82, 2.24) is 4.90 Å². The van der Waals surface area contributed by atoms with Crippen LogP contribution in [0.3, 0.4) is 0 Å². The number of hydrogen-bond donors (Lipinski definition) is 0. The van der Waals surface area contributed by atoms with Gasteiger partial charge >= 0.3 is 11.9 Å². The fourth-order valence-electron chi connectivity index (χ4n) is 1.95. The van der Waals surface area contributed by atoms with E-state index in [4.69, 9.17) is 14.2 Å². The number of rotatable bonds is 8. The van der Waals surface area contributed by atoms with Crippen molar-refractivity contribution in [2.24, 2.45) is 5.41 Å². The third-order valence-electron chi connectivity index (χ3n) is 3.22. The lowest BCUT2D eigenvalue weighted by Gasteiger charge is -2.26. The number of hydrogen-bond acceptors (Lipinski definition) is 6. The van der Waals surface area contributed by atoms with E-state index >= 15 is 0 Å². The normalized spacial score (nSPS) is 16.5. The van der Waals surface area contributed by atoms with E-state index in [1.807, 2.05) is 20.8 Å². The molecule has 0 N–H and O–H groups in total. The summed E-state index contributed by atoms with van der Waals surface area (Å²) in [5.41, 5.74) is -0.0928. The van der Waals surface area contributed by atoms with Crippen LogP contribution in [0.4, 0.5) is 0 Å². The molecule has 0 saturated carbocycles. The number of carbonyl (C=O) groups excluding carboxylic acids is 2. The van der Waals surface area contributed by atoms with Gasteiger partial charge in [0.1, 0.15) is 0 Å². The van der Waals surface area contributed by atoms with E-state index in [0.717, 1.165) is 57.8 Å². The van der Waals surface area contributed by atoms with Crippen LogP contribution >= 0.6 is 0 Å². The van der Waals surface area contributed by atoms with Crippen molar-refractivity contribution in [1.29, 1.82) is 0 Å². The number of esters is 2. The highest BCUT2D eigenvalue weighted by atomic mass is 16.5. The Morgan fingerprint density at radius 3 is 2.26 bits per heavy atom. The molecule has 0 radical (unpaired) electrons. The summed E-state index contributed by atoms with van der Waals surface area (Å²) in [5, 5.41) is 0. The van der Waals surface area contributed by atoms with Crippen molar-refractivity contribution in [2.45, 2.75) is 33.6 Å². The van der Waals surface area contributed by atoms with Crippen LogP contribution in [0, 0.1) is 5.41 Å². The molecule has 0 aliphatic carbocycles. The van der Waals surface area contributed by atoms with Gasteiger partial charge in [0.15, 0.2) is 0 Å². The first kappa shape index (κ1) is 19.6. The van der Waals surface area contributed by atoms with E-state index in [0.29, 0.717) is 13.2 Å². The summed E-state index contributed by atoms with van der Waals surface area (Å²) in [6.45, 7) is 11.1. The molecule has 0 unspecified atom stereocenters. The van der Waals surface area contributed by atoms with Gasteiger partial charge in [0.2, 0.25) is 0 Å². The van der Waals surface area contributed by atoms with Crippen LogP contribution in [0.1, 0.15) is 33.6 Å². The van der Waals surface area contributed by atoms with Crippen LogP contribution in [0.5, 0.6) is 0 Å². The summed E-state index contributed by atoms with van der Waals surface area (Å²) in [6.07, 6.45) is 4.02. The first-order valence-electron chi connectivity index (χ1n) is 8.18. The second-order valence-corrected chi connectivity index (χ2v) is 6.83. The highest BCUT2D eigenvalue weighted by Crippen LogP contribution is 2.12. The zero-order valence-electron chi connectivity index (χ0n) is 14.5. The quantitative estimate of drug-likeness (QED) is 0.385. The molecule has 0 amide bonds. The van der Waals surface area contributed by atoms with Crippen molar-refractivity contribution < 1.29 is 23.8 Å². The van der Waals surface area contributed by atoms with E-state index in [9.17, 15) is 9.59 Å². The first-order chi connectivity index (χ1) is 10.9. The molecule has 0 aromatic carbocycles. The molecule has 1 heterocycles. The molecule has 0 spiro atoms. The van der Waals surface area contributed by atoms with Crippen molar-refractivity contribution in [2.75, 3.05) is 46.1 Å². The number of unbranched alkanes of at least 4 members (excludes halogenated alkanes) is 1. The van der Waals surface area contributed by atoms with Gasteiger partial charge in [-0.05, 0) is 24.8 Å². The standard InChI is InChI=1S/C17H29NO5/c1-17(2,3)14-23-16(20)7-6-15(19)22-11-5-4-8-18-9-12-21-13-10-18/h6-7H,4-5,8-14H2,1-3H3. The SMILES string of the molecule is CC(C)(C)COC(=O)C=CC(=O)OCCCCN1CCOCC1. The smallest absolute Gasteiger partial charge is 0.331 e. The van der Waals surface area contributed by atoms with Crippen LogP contribution in [0.2, 0.25) is 0 Å². The van der Waals surface area contributed by atoms with E-state index in [2.05, 4.69) is 4.90 Å². The largest absolute Gasteiger partial charge is 0.463 e. The molecule has 0 atom stereocenters. The van der Waals surface area contributed by atoms with Crippen molar-refractivity contribution in [3.05, 3.63) is 12.2 Å². The Labute approximate surface area is 138 Å². The van der Waals surface area contributed by atoms with Gasteiger partial charge in [0.05, 0.1) is 26.4 Å². The molecule has 0 aromatic rings. The fraction of sp³-hybridized carbons (Fsp3) is 0.765. The number of morpholine rings is 1. The summed E-state index contributed by atoms with van der Waals surface area (Å²) in [4.78, 5) is 25.2. The average molecular weight is 327 g/mol. The van der Waals surface area contributed by atoms with Gasteiger partial charge in [-0.15, -0.1) is 0 Å². The van der Waals surface area contributed by atoms with E-state index < -0.39 is 11.9 Å². The third kappa shape index (κ3) is 10.9. The molecule has 23 heavy (non-hydrogen) atoms. The molecule has 1 aliphatic heterocycles. The molecule has 6 heteroatoms. The molecule has 1 fully saturated rings. The number of carbonyl (C=O) groups is 2. The second kappa shape index (κ2) is 10.4. The van der Waals surface area contributed by atoms with Gasteiger partial charge in [-0.1, -0.05) is 20.8 Å². The Balaban J connectivity index is 2.04. The van der Waals surface area contributed by atoms with Crippen molar-refractivity contribution in [3.63, 3.8) is 0 Å². The zero-order valence-corrected chi connectivity index (χ0v) is 14.5. The lowest BCUT2D eigenvalue weighted by Crippen LogP contribution is -2.36. The summed E-state index contributed by atoms with van der Waals surface area (Å²) in [7, 11) is 0. The van der Waals surface area contributed by atoms with Crippen molar-refractivity contribution >= 4 is 11.9 Å². The number of ether oxygens (including phenoxy) is 3. The van der Waals surface area contributed by atoms with Crippen LogP contribution in [0.15, 0.2) is 12.2 Å². The van der Waals surface area contributed by atoms with Gasteiger partial charge in [-0.3, -0.25) is 4.90 Å². The zero-order chi connectivity index (χ0) is 17.1. The second-order valence-electron chi connectivity index (χ2n) is 6.83. The van der Waals surface area contributed by atoms with Crippen LogP contribution in [-0.4, -0.2) is 62.9 Å². The van der Waals surface area contributed by atoms with Gasteiger partial charge in [0.25, 0.3) is 0 Å². The van der Waals surface area contributed by atoms with Gasteiger partial charge in [-0.2, -0.15) is 0 Å². The molecule has 6 nitrogen and oxygen atoms in total. The average Bonchev–Trinajstić information content (AvgIpc) is 2.51. The lowest BCUT2D eigenvalue weighted by molar-refractivity contribution is -0.142. The van der Waals surface area contributed by atoms with E-state index in [1.54, 1.807) is 0 Å². The predicted molar refractivity (Wildman–Crippen MR) is 87.0 cm³/mol. The molecule has 0 aromatic heterocycles. The maximum absolute atomic E-state index is 11.5. The molecule has 1 saturated heterocycles. The molecule has 0 bridgehead atoms. The first-order valence-corrected chi connectivity index (χ1v) is 8.18. The minimum atomic E-state index is -0.524. The maximum Gasteiger partial charge on any atom is 0.331 e. The molecule has 1 rings (SSSR count). The summed E-state index contributed by atoms with van der Waals surface area (Å²) < 4.78 is 15.4. The highest BCUT2D eigenvalue weighted by molar-refractivity contribution is 5.91. The molecule has 1 aliphatic rings. The Morgan fingerprint density at radius 1 is 1.04 bits per heavy atom. The van der Waals surface area contributed by atoms with Gasteiger partial charge < -0.3 is 14.2 Å². The third-order valence-corrected chi connectivity index (χ3v) is 3.22. The Hall–Kier alpha value is -1.40. The number of nitrogens with zero attached hydrogens (tertiary/aromatic N) is 1. The van der Waals surface area contributed by atoms with E-state index in [1.165, 1.54) is 0 Å². The Bertz CT molecular complexity index is 394. The minimum Gasteiger partial charge on any atom is -0.463 e. The van der Waals surface area contributed by atoms with Gasteiger partial charge in [-0.25, -0.2) is 9.59 Å². The van der Waals surface area contributed by atoms with Crippen LogP contribution in [-0.2, 0) is 23.8 Å². The van der Waals surface area contributed by atoms with E-state index in [-0.39, 0.29) is 5.41 Å². The highest BCUT2D eigenvalue weighted by Gasteiger charge is 2.12. The monoisotopic (exact) mass is 327 g/mol. The van der Waals surface area contributed by atoms with Crippen LogP contribution < -0.4 is 0 Å². The fourth-order valence-corrected chi connectivity index (χ4v) is 1.95. The molecule has 132 valence electrons. The minimum absolute atomic E-state index is 0.0928. The molecular weight excluding hydrogens is 298 g/mol. The maximum atomic E-state index is 11.5. The topological polar surface area (TPSA) is 65.1 Å². The summed E-state index contributed by atoms with van der Waals surface area (Å²) in [5.74, 6) is -1.03.